The number of aliphatic hydroxyl groups excluding tert-OH is 2. The summed E-state index contributed by atoms with van der Waals surface area (Å²) in [5, 5.41) is 45.6. The van der Waals surface area contributed by atoms with Crippen LogP contribution in [0, 0.1) is 0 Å². The molecule has 0 fully saturated rings. The maximum Gasteiger partial charge on any atom is 0.335 e. The van der Waals surface area contributed by atoms with E-state index in [0.29, 0.717) is 0 Å². The average molecular weight is 226 g/mol. The van der Waals surface area contributed by atoms with Gasteiger partial charge in [-0.25, -0.2) is 4.79 Å². The Balaban J connectivity index is 5.41. The molecule has 0 rings (SSSR count). The van der Waals surface area contributed by atoms with Gasteiger partial charge in [0.05, 0.1) is 0 Å². The molecular weight excluding hydrogens is 212 g/mol. The Labute approximate surface area is 86.5 Å². The number of nitrogens with two attached hydrogens (primary N) is 2. The van der Waals surface area contributed by atoms with Crippen molar-refractivity contribution in [1.29, 1.82) is 0 Å². The lowest BCUT2D eigenvalue weighted by atomic mass is 9.92. The Morgan fingerprint density at radius 1 is 1.40 bits per heavy atom. The highest BCUT2D eigenvalue weighted by molar-refractivity contribution is 5.73. The highest BCUT2D eigenvalue weighted by Crippen LogP contribution is 2.17. The number of aliphatic hydroxyl groups is 4. The minimum absolute atomic E-state index is 0.445. The second-order valence-electron chi connectivity index (χ2n) is 2.88. The molecule has 0 aliphatic rings. The quantitative estimate of drug-likeness (QED) is 0.165. The van der Waals surface area contributed by atoms with Crippen LogP contribution in [0.15, 0.2) is 0 Å². The van der Waals surface area contributed by atoms with Gasteiger partial charge in [0.1, 0.15) is 8.93 Å². The van der Waals surface area contributed by atoms with Crippen molar-refractivity contribution in [2.75, 3.05) is 0 Å². The fourth-order valence-electron chi connectivity index (χ4n) is 0.679. The molecule has 0 heterocycles. The molecule has 0 aliphatic carbocycles. The number of carboxylic acid groups (broad SMARTS) is 1. The van der Waals surface area contributed by atoms with Gasteiger partial charge < -0.3 is 25.5 Å². The minimum Gasteiger partial charge on any atom is -0.479 e. The van der Waals surface area contributed by atoms with E-state index < -0.39 is 35.9 Å². The smallest absolute Gasteiger partial charge is 0.335 e. The zero-order chi connectivity index (χ0) is 13.9. The summed E-state index contributed by atoms with van der Waals surface area (Å²) in [6, 6.07) is 0. The number of carboxylic acids is 1. The molecule has 0 aromatic carbocycles. The molecule has 0 amide bonds. The predicted molar refractivity (Wildman–Crippen MR) is 44.0 cm³/mol. The van der Waals surface area contributed by atoms with Gasteiger partial charge in [-0.2, -0.15) is 0 Å². The van der Waals surface area contributed by atoms with Crippen LogP contribution in [0.5, 0.6) is 0 Å². The second-order valence-corrected chi connectivity index (χ2v) is 2.88. The number of hydrogen-bond donors (Lipinski definition) is 7. The van der Waals surface area contributed by atoms with Gasteiger partial charge in [0, 0.05) is 0 Å². The van der Waals surface area contributed by atoms with Crippen LogP contribution in [-0.2, 0) is 9.59 Å². The van der Waals surface area contributed by atoms with Crippen LogP contribution in [-0.4, -0.2) is 61.4 Å². The van der Waals surface area contributed by atoms with E-state index in [1.807, 2.05) is 0 Å². The number of aliphatic carboxylic acids is 1. The third kappa shape index (κ3) is 2.47. The molecule has 9 heteroatoms. The fraction of sp³-hybridized carbons (Fsp3) is 0.667. The van der Waals surface area contributed by atoms with Crippen molar-refractivity contribution in [2.45, 2.75) is 23.7 Å². The van der Waals surface area contributed by atoms with E-state index in [9.17, 15) is 24.9 Å². The molecule has 88 valence electrons. The molecule has 0 saturated heterocycles. The summed E-state index contributed by atoms with van der Waals surface area (Å²) in [7, 11) is 0. The van der Waals surface area contributed by atoms with Gasteiger partial charge in [0.25, 0.3) is 0 Å². The van der Waals surface area contributed by atoms with E-state index in [1.165, 1.54) is 0 Å². The Bertz CT molecular complexity index is 306. The zero-order valence-corrected chi connectivity index (χ0v) is 7.28. The molecular formula is C6H12N2O7. The third-order valence-corrected chi connectivity index (χ3v) is 1.73. The van der Waals surface area contributed by atoms with Gasteiger partial charge in [-0.15, -0.1) is 0 Å². The van der Waals surface area contributed by atoms with Crippen LogP contribution in [0.4, 0.5) is 0 Å². The monoisotopic (exact) mass is 226 g/mol. The fourth-order valence-corrected chi connectivity index (χ4v) is 0.679. The SMILES string of the molecule is [2H]N[C@](O)(C=O)[C@](O)(N[2H])[C@H](O)[C@H](O)C(=O)O. The number of aldehydes is 1. The molecule has 0 spiro atoms. The number of rotatable bonds is 7. The largest absolute Gasteiger partial charge is 0.479 e. The van der Waals surface area contributed by atoms with E-state index >= 15 is 0 Å². The topological polar surface area (TPSA) is 187 Å². The van der Waals surface area contributed by atoms with Crippen molar-refractivity contribution in [1.82, 2.24) is 0 Å². The van der Waals surface area contributed by atoms with Gasteiger partial charge in [-0.05, 0) is 0 Å². The Morgan fingerprint density at radius 3 is 2.20 bits per heavy atom. The first-order valence-corrected chi connectivity index (χ1v) is 3.58. The van der Waals surface area contributed by atoms with Crippen LogP contribution >= 0.6 is 0 Å². The summed E-state index contributed by atoms with van der Waals surface area (Å²) in [6.07, 6.45) is -5.71. The lowest BCUT2D eigenvalue weighted by molar-refractivity contribution is -0.214. The molecule has 4 atom stereocenters. The maximum absolute atomic E-state index is 10.5. The van der Waals surface area contributed by atoms with E-state index in [-0.39, 0.29) is 0 Å². The molecule has 0 saturated carbocycles. The zero-order valence-electron chi connectivity index (χ0n) is 9.28. The molecule has 0 radical (unpaired) electrons. The highest BCUT2D eigenvalue weighted by Gasteiger charge is 2.53. The average Bonchev–Trinajstić information content (AvgIpc) is 2.34. The first kappa shape index (κ1) is 10.4. The van der Waals surface area contributed by atoms with Crippen LogP contribution in [0.25, 0.3) is 0 Å². The van der Waals surface area contributed by atoms with E-state index in [0.717, 1.165) is 11.5 Å². The summed E-state index contributed by atoms with van der Waals surface area (Å²) in [5.41, 5.74) is -4.25. The van der Waals surface area contributed by atoms with Crippen molar-refractivity contribution in [2.24, 2.45) is 11.5 Å². The van der Waals surface area contributed by atoms with Crippen molar-refractivity contribution < 1.29 is 37.9 Å². The van der Waals surface area contributed by atoms with Gasteiger partial charge >= 0.3 is 5.97 Å². The van der Waals surface area contributed by atoms with E-state index in [2.05, 4.69) is 0 Å². The molecule has 15 heavy (non-hydrogen) atoms. The summed E-state index contributed by atoms with van der Waals surface area (Å²) >= 11 is 0. The standard InChI is InChI=1S/C6H12N2O7/c7-5(14,1-9)6(8,15)3(11)2(10)4(12)13/h1-3,10-11,14-15H,7-8H2,(H,12,13)/t2-,3+,5-,6-/m0/s1/i/hD2. The van der Waals surface area contributed by atoms with Gasteiger partial charge in [-0.1, -0.05) is 0 Å². The first-order chi connectivity index (χ1) is 7.70. The summed E-state index contributed by atoms with van der Waals surface area (Å²) < 4.78 is 13.3. The lowest BCUT2D eigenvalue weighted by Crippen LogP contribution is -2.75. The normalized spacial score (nSPS) is 25.1. The van der Waals surface area contributed by atoms with Gasteiger partial charge in [-0.3, -0.25) is 16.2 Å². The number of carbonyl (C=O) groups excluding carboxylic acids is 1. The molecule has 9 N–H and O–H groups in total. The Hall–Kier alpha value is -1.10. The van der Waals surface area contributed by atoms with Crippen molar-refractivity contribution >= 4 is 12.3 Å². The maximum atomic E-state index is 10.5. The van der Waals surface area contributed by atoms with Crippen molar-refractivity contribution in [3.63, 3.8) is 0 Å². The third-order valence-electron chi connectivity index (χ3n) is 1.73. The highest BCUT2D eigenvalue weighted by atomic mass is 16.4. The summed E-state index contributed by atoms with van der Waals surface area (Å²) in [4.78, 5) is 20.9. The Morgan fingerprint density at radius 2 is 1.93 bits per heavy atom. The molecule has 9 nitrogen and oxygen atoms in total. The molecule has 0 aromatic rings. The molecule has 0 bridgehead atoms. The lowest BCUT2D eigenvalue weighted by Gasteiger charge is -2.37. The molecule has 0 unspecified atom stereocenters. The first-order valence-electron chi connectivity index (χ1n) is 4.58. The van der Waals surface area contributed by atoms with Crippen molar-refractivity contribution in [3.05, 3.63) is 0 Å². The molecule has 0 aromatic heterocycles. The van der Waals surface area contributed by atoms with Gasteiger partial charge in [0.15, 0.2) is 18.1 Å². The van der Waals surface area contributed by atoms with Crippen molar-refractivity contribution in [3.8, 4) is 0 Å². The van der Waals surface area contributed by atoms with E-state index in [4.69, 9.17) is 13.0 Å². The van der Waals surface area contributed by atoms with Crippen LogP contribution in [0.2, 0.25) is 2.82 Å². The van der Waals surface area contributed by atoms with E-state index in [1.54, 1.807) is 0 Å². The molecule has 0 aliphatic heterocycles. The Kier molecular flexibility index (Phi) is 2.90. The van der Waals surface area contributed by atoms with Crippen LogP contribution in [0.3, 0.4) is 0 Å². The number of hydrogen-bond acceptors (Lipinski definition) is 8. The van der Waals surface area contributed by atoms with Crippen LogP contribution in [0.1, 0.15) is 0 Å². The number of carbonyl (C=O) groups is 2. The van der Waals surface area contributed by atoms with Gasteiger partial charge in [0.2, 0.25) is 5.72 Å². The minimum atomic E-state index is -3.31. The summed E-state index contributed by atoms with van der Waals surface area (Å²) in [6.45, 7) is 0. The second kappa shape index (κ2) is 4.18. The summed E-state index contributed by atoms with van der Waals surface area (Å²) in [5.74, 6) is -1.97. The predicted octanol–water partition coefficient (Wildman–Crippen LogP) is -4.71. The van der Waals surface area contributed by atoms with Crippen LogP contribution < -0.4 is 11.5 Å².